The molecule has 3 aromatic rings. The number of aryl methyl sites for hydroxylation is 1. The highest BCUT2D eigenvalue weighted by molar-refractivity contribution is 6.05. The van der Waals surface area contributed by atoms with E-state index in [1.165, 1.54) is 0 Å². The quantitative estimate of drug-likeness (QED) is 0.707. The third-order valence-corrected chi connectivity index (χ3v) is 3.66. The van der Waals surface area contributed by atoms with Gasteiger partial charge in [-0.05, 0) is 30.2 Å². The van der Waals surface area contributed by atoms with Crippen molar-refractivity contribution >= 4 is 17.2 Å². The molecule has 0 amide bonds. The van der Waals surface area contributed by atoms with Gasteiger partial charge in [0.15, 0.2) is 6.29 Å². The van der Waals surface area contributed by atoms with Gasteiger partial charge in [0.05, 0.1) is 5.69 Å². The summed E-state index contributed by atoms with van der Waals surface area (Å²) in [5.41, 5.74) is 2.55. The number of hydrogen-bond acceptors (Lipinski definition) is 1. The van der Waals surface area contributed by atoms with Gasteiger partial charge in [-0.1, -0.05) is 25.1 Å². The Bertz CT molecular complexity index is 836. The molecule has 0 fully saturated rings. The smallest absolute Gasteiger partial charge is 0.152 e. The standard InChI is InChI=1S/C17H13F2NO/c1-2-10-4-3-5-12-14(9-21)17(20-16(10)12)13-8-11(18)6-7-15(13)19/h3-9,20H,2H2,1H3. The Kier molecular flexibility index (Phi) is 3.29. The number of aromatic amines is 1. The topological polar surface area (TPSA) is 32.9 Å². The molecule has 4 heteroatoms. The number of nitrogens with one attached hydrogen (secondary N) is 1. The lowest BCUT2D eigenvalue weighted by Gasteiger charge is -2.02. The maximum Gasteiger partial charge on any atom is 0.152 e. The van der Waals surface area contributed by atoms with E-state index in [1.807, 2.05) is 19.1 Å². The Morgan fingerprint density at radius 2 is 2.00 bits per heavy atom. The summed E-state index contributed by atoms with van der Waals surface area (Å²) < 4.78 is 27.4. The van der Waals surface area contributed by atoms with Crippen molar-refractivity contribution in [1.82, 2.24) is 4.98 Å². The van der Waals surface area contributed by atoms with Crippen LogP contribution in [0.15, 0.2) is 36.4 Å². The lowest BCUT2D eigenvalue weighted by atomic mass is 10.0. The molecule has 0 radical (unpaired) electrons. The van der Waals surface area contributed by atoms with Crippen LogP contribution in [0.1, 0.15) is 22.8 Å². The Morgan fingerprint density at radius 3 is 2.71 bits per heavy atom. The van der Waals surface area contributed by atoms with Gasteiger partial charge in [0.2, 0.25) is 0 Å². The molecule has 0 bridgehead atoms. The molecule has 1 heterocycles. The van der Waals surface area contributed by atoms with E-state index in [9.17, 15) is 13.6 Å². The normalized spacial score (nSPS) is 11.0. The number of aldehydes is 1. The molecule has 0 aliphatic heterocycles. The molecule has 2 nitrogen and oxygen atoms in total. The minimum Gasteiger partial charge on any atom is -0.354 e. The van der Waals surface area contributed by atoms with Gasteiger partial charge in [0, 0.05) is 22.0 Å². The zero-order valence-corrected chi connectivity index (χ0v) is 11.4. The van der Waals surface area contributed by atoms with Crippen molar-refractivity contribution in [2.45, 2.75) is 13.3 Å². The molecule has 1 aromatic heterocycles. The van der Waals surface area contributed by atoms with Gasteiger partial charge in [-0.3, -0.25) is 4.79 Å². The first-order chi connectivity index (χ1) is 10.2. The molecule has 0 spiro atoms. The van der Waals surface area contributed by atoms with E-state index in [4.69, 9.17) is 0 Å². The van der Waals surface area contributed by atoms with Crippen LogP contribution in [0.4, 0.5) is 8.78 Å². The van der Waals surface area contributed by atoms with Crippen molar-refractivity contribution in [1.29, 1.82) is 0 Å². The molecule has 0 atom stereocenters. The fourth-order valence-corrected chi connectivity index (χ4v) is 2.62. The molecule has 2 aromatic carbocycles. The highest BCUT2D eigenvalue weighted by Crippen LogP contribution is 2.32. The number of aromatic nitrogens is 1. The Labute approximate surface area is 120 Å². The molecule has 106 valence electrons. The van der Waals surface area contributed by atoms with E-state index in [2.05, 4.69) is 4.98 Å². The summed E-state index contributed by atoms with van der Waals surface area (Å²) in [6, 6.07) is 8.81. The van der Waals surface area contributed by atoms with Crippen LogP contribution < -0.4 is 0 Å². The summed E-state index contributed by atoms with van der Waals surface area (Å²) in [5, 5.41) is 0.725. The second-order valence-electron chi connectivity index (χ2n) is 4.85. The molecule has 0 saturated carbocycles. The van der Waals surface area contributed by atoms with Crippen molar-refractivity contribution in [2.75, 3.05) is 0 Å². The van der Waals surface area contributed by atoms with Crippen molar-refractivity contribution in [2.24, 2.45) is 0 Å². The fourth-order valence-electron chi connectivity index (χ4n) is 2.62. The second-order valence-corrected chi connectivity index (χ2v) is 4.85. The van der Waals surface area contributed by atoms with E-state index >= 15 is 0 Å². The van der Waals surface area contributed by atoms with Crippen LogP contribution >= 0.6 is 0 Å². The molecule has 0 unspecified atom stereocenters. The number of halogens is 2. The van der Waals surface area contributed by atoms with Gasteiger partial charge in [-0.25, -0.2) is 8.78 Å². The number of carbonyl (C=O) groups is 1. The predicted octanol–water partition coefficient (Wildman–Crippen LogP) is 4.49. The number of benzene rings is 2. The molecular weight excluding hydrogens is 272 g/mol. The highest BCUT2D eigenvalue weighted by Gasteiger charge is 2.17. The largest absolute Gasteiger partial charge is 0.354 e. The summed E-state index contributed by atoms with van der Waals surface area (Å²) in [4.78, 5) is 14.5. The monoisotopic (exact) mass is 285 g/mol. The first-order valence-corrected chi connectivity index (χ1v) is 6.70. The van der Waals surface area contributed by atoms with Crippen LogP contribution in [0.2, 0.25) is 0 Å². The number of hydrogen-bond donors (Lipinski definition) is 1. The maximum absolute atomic E-state index is 14.0. The number of para-hydroxylation sites is 1. The zero-order chi connectivity index (χ0) is 15.0. The van der Waals surface area contributed by atoms with Gasteiger partial charge in [-0.2, -0.15) is 0 Å². The molecule has 0 aliphatic carbocycles. The average Bonchev–Trinajstić information content (AvgIpc) is 2.87. The van der Waals surface area contributed by atoms with Gasteiger partial charge in [0.25, 0.3) is 0 Å². The van der Waals surface area contributed by atoms with E-state index in [1.54, 1.807) is 6.07 Å². The van der Waals surface area contributed by atoms with E-state index in [-0.39, 0.29) is 5.56 Å². The van der Waals surface area contributed by atoms with Crippen molar-refractivity contribution in [3.05, 3.63) is 59.2 Å². The molecule has 0 saturated heterocycles. The van der Waals surface area contributed by atoms with Crippen LogP contribution in [0, 0.1) is 11.6 Å². The molecule has 1 N–H and O–H groups in total. The summed E-state index contributed by atoms with van der Waals surface area (Å²) in [6.07, 6.45) is 1.46. The van der Waals surface area contributed by atoms with Crippen molar-refractivity contribution < 1.29 is 13.6 Å². The minimum absolute atomic E-state index is 0.0651. The lowest BCUT2D eigenvalue weighted by Crippen LogP contribution is -1.90. The molecule has 3 rings (SSSR count). The predicted molar refractivity (Wildman–Crippen MR) is 78.4 cm³/mol. The van der Waals surface area contributed by atoms with Gasteiger partial charge >= 0.3 is 0 Å². The Morgan fingerprint density at radius 1 is 1.19 bits per heavy atom. The average molecular weight is 285 g/mol. The van der Waals surface area contributed by atoms with Crippen molar-refractivity contribution in [3.8, 4) is 11.3 Å². The van der Waals surface area contributed by atoms with E-state index in [0.29, 0.717) is 17.5 Å². The molecular formula is C17H13F2NO. The number of rotatable bonds is 3. The minimum atomic E-state index is -0.566. The van der Waals surface area contributed by atoms with Crippen LogP contribution in [0.25, 0.3) is 22.2 Å². The van der Waals surface area contributed by atoms with Crippen molar-refractivity contribution in [3.63, 3.8) is 0 Å². The molecule has 21 heavy (non-hydrogen) atoms. The summed E-state index contributed by atoms with van der Waals surface area (Å²) in [7, 11) is 0. The third-order valence-electron chi connectivity index (χ3n) is 3.66. The number of fused-ring (bicyclic) bond motifs is 1. The van der Waals surface area contributed by atoms with Crippen LogP contribution in [-0.2, 0) is 6.42 Å². The van der Waals surface area contributed by atoms with Gasteiger partial charge in [0.1, 0.15) is 11.6 Å². The summed E-state index contributed by atoms with van der Waals surface area (Å²) >= 11 is 0. The summed E-state index contributed by atoms with van der Waals surface area (Å²) in [6.45, 7) is 2.00. The zero-order valence-electron chi connectivity index (χ0n) is 11.4. The number of H-pyrrole nitrogens is 1. The van der Waals surface area contributed by atoms with E-state index < -0.39 is 11.6 Å². The highest BCUT2D eigenvalue weighted by atomic mass is 19.1. The molecule has 0 aliphatic rings. The Hall–Kier alpha value is -2.49. The Balaban J connectivity index is 2.37. The lowest BCUT2D eigenvalue weighted by molar-refractivity contribution is 0.112. The van der Waals surface area contributed by atoms with Crippen LogP contribution in [-0.4, -0.2) is 11.3 Å². The summed E-state index contributed by atoms with van der Waals surface area (Å²) in [5.74, 6) is -1.11. The third kappa shape index (κ3) is 2.13. The SMILES string of the molecule is CCc1cccc2c(C=O)c(-c3cc(F)ccc3F)[nH]c12. The van der Waals surface area contributed by atoms with Crippen LogP contribution in [0.5, 0.6) is 0 Å². The van der Waals surface area contributed by atoms with Gasteiger partial charge < -0.3 is 4.98 Å². The first kappa shape index (κ1) is 13.5. The number of carbonyl (C=O) groups excluding carboxylic acids is 1. The van der Waals surface area contributed by atoms with E-state index in [0.717, 1.165) is 41.1 Å². The van der Waals surface area contributed by atoms with Crippen LogP contribution in [0.3, 0.4) is 0 Å². The second kappa shape index (κ2) is 5.13. The first-order valence-electron chi connectivity index (χ1n) is 6.70. The fraction of sp³-hybridized carbons (Fsp3) is 0.118. The van der Waals surface area contributed by atoms with Gasteiger partial charge in [-0.15, -0.1) is 0 Å². The maximum atomic E-state index is 14.0.